The molecule has 8 heteroatoms. The fourth-order valence-corrected chi connectivity index (χ4v) is 6.41. The summed E-state index contributed by atoms with van der Waals surface area (Å²) in [5.74, 6) is 1.41. The molecule has 1 aliphatic heterocycles. The van der Waals surface area contributed by atoms with Crippen molar-refractivity contribution < 1.29 is 19.1 Å². The summed E-state index contributed by atoms with van der Waals surface area (Å²) in [5.41, 5.74) is 3.37. The lowest BCUT2D eigenvalue weighted by Gasteiger charge is -2.29. The molecule has 5 rings (SSSR count). The number of hydrogen-bond acceptors (Lipinski definition) is 6. The molecule has 2 aromatic carbocycles. The summed E-state index contributed by atoms with van der Waals surface area (Å²) in [4.78, 5) is 25.6. The second-order valence-corrected chi connectivity index (χ2v) is 11.5. The van der Waals surface area contributed by atoms with E-state index in [1.807, 2.05) is 42.5 Å². The smallest absolute Gasteiger partial charge is 0.302 e. The van der Waals surface area contributed by atoms with E-state index in [1.54, 1.807) is 7.11 Å². The van der Waals surface area contributed by atoms with Crippen molar-refractivity contribution in [1.82, 2.24) is 10.3 Å². The molecule has 1 N–H and O–H groups in total. The molecule has 7 nitrogen and oxygen atoms in total. The van der Waals surface area contributed by atoms with E-state index in [2.05, 4.69) is 12.2 Å². The molecule has 0 saturated heterocycles. The Morgan fingerprint density at radius 1 is 1.03 bits per heavy atom. The summed E-state index contributed by atoms with van der Waals surface area (Å²) in [6, 6.07) is 13.7. The molecule has 2 amide bonds. The monoisotopic (exact) mass is 535 g/mol. The van der Waals surface area contributed by atoms with Crippen LogP contribution in [0.25, 0.3) is 0 Å². The number of methoxy groups -OCH3 is 1. The van der Waals surface area contributed by atoms with E-state index in [4.69, 9.17) is 14.6 Å². The number of benzene rings is 2. The number of thioether (sulfide) groups is 1. The first-order chi connectivity index (χ1) is 18.5. The molecule has 202 valence electrons. The van der Waals surface area contributed by atoms with E-state index in [0.717, 1.165) is 54.7 Å². The largest absolute Gasteiger partial charge is 0.493 e. The minimum atomic E-state index is -0.0698. The van der Waals surface area contributed by atoms with Crippen LogP contribution in [-0.2, 0) is 6.54 Å². The average Bonchev–Trinajstić information content (AvgIpc) is 3.64. The van der Waals surface area contributed by atoms with Crippen LogP contribution in [0.4, 0.5) is 4.79 Å². The molecule has 1 heterocycles. The highest BCUT2D eigenvalue weighted by Gasteiger charge is 2.31. The Kier molecular flexibility index (Phi) is 8.57. The van der Waals surface area contributed by atoms with Crippen molar-refractivity contribution >= 4 is 28.6 Å². The minimum Gasteiger partial charge on any atom is -0.493 e. The topological polar surface area (TPSA) is 80.2 Å². The number of carbonyl (C=O) groups is 2. The van der Waals surface area contributed by atoms with Crippen LogP contribution in [0.1, 0.15) is 86.2 Å². The molecule has 2 fully saturated rings. The molecule has 0 aromatic heterocycles. The van der Waals surface area contributed by atoms with Crippen LogP contribution in [0.2, 0.25) is 0 Å². The van der Waals surface area contributed by atoms with Crippen LogP contribution in [0.5, 0.6) is 11.5 Å². The zero-order valence-electron chi connectivity index (χ0n) is 22.3. The summed E-state index contributed by atoms with van der Waals surface area (Å²) < 4.78 is 11.9. The highest BCUT2D eigenvalue weighted by molar-refractivity contribution is 8.14. The van der Waals surface area contributed by atoms with Gasteiger partial charge in [-0.25, -0.2) is 5.01 Å². The molecule has 0 radical (unpaired) electrons. The van der Waals surface area contributed by atoms with Gasteiger partial charge in [0.05, 0.1) is 30.7 Å². The van der Waals surface area contributed by atoms with Crippen molar-refractivity contribution in [2.75, 3.05) is 7.11 Å². The standard InChI is InChI=1S/C30H37N3O4S/c1-3-27-28(22-16-17-25(36-2)26(18-22)37-24-10-6-7-11-24)32-33(30(35)38-27)19-20-12-14-21(15-13-20)29(34)31-23-8-4-5-9-23/h12-18,23-24,27H,3-11,19H2,1-2H3,(H,31,34). The first-order valence-electron chi connectivity index (χ1n) is 13.9. The summed E-state index contributed by atoms with van der Waals surface area (Å²) in [6.45, 7) is 2.42. The van der Waals surface area contributed by atoms with Gasteiger partial charge in [-0.15, -0.1) is 0 Å². The highest BCUT2D eigenvalue weighted by Crippen LogP contribution is 2.36. The fourth-order valence-electron chi connectivity index (χ4n) is 5.48. The summed E-state index contributed by atoms with van der Waals surface area (Å²) >= 11 is 1.31. The van der Waals surface area contributed by atoms with E-state index >= 15 is 0 Å². The van der Waals surface area contributed by atoms with E-state index in [9.17, 15) is 9.59 Å². The quantitative estimate of drug-likeness (QED) is 0.394. The maximum atomic E-state index is 13.0. The number of amides is 2. The molecule has 38 heavy (non-hydrogen) atoms. The van der Waals surface area contributed by atoms with E-state index < -0.39 is 0 Å². The third kappa shape index (κ3) is 6.17. The number of carbonyl (C=O) groups excluding carboxylic acids is 2. The Bertz CT molecular complexity index is 1170. The molecule has 0 bridgehead atoms. The molecule has 1 atom stereocenters. The van der Waals surface area contributed by atoms with Crippen LogP contribution in [0, 0.1) is 0 Å². The number of nitrogens with zero attached hydrogens (tertiary/aromatic N) is 2. The van der Waals surface area contributed by atoms with Crippen molar-refractivity contribution in [1.29, 1.82) is 0 Å². The van der Waals surface area contributed by atoms with Crippen molar-refractivity contribution in [3.05, 3.63) is 59.2 Å². The van der Waals surface area contributed by atoms with Gasteiger partial charge in [-0.05, 0) is 80.8 Å². The molecular formula is C30H37N3O4S. The Labute approximate surface area is 229 Å². The van der Waals surface area contributed by atoms with Gasteiger partial charge in [-0.2, -0.15) is 5.10 Å². The summed E-state index contributed by atoms with van der Waals surface area (Å²) in [5, 5.41) is 9.39. The molecule has 2 aromatic rings. The third-order valence-electron chi connectivity index (χ3n) is 7.65. The fraction of sp³-hybridized carbons (Fsp3) is 0.500. The normalized spacial score (nSPS) is 20.5. The summed E-state index contributed by atoms with van der Waals surface area (Å²) in [7, 11) is 1.66. The number of hydrazone groups is 1. The number of hydrogen-bond donors (Lipinski definition) is 1. The van der Waals surface area contributed by atoms with Gasteiger partial charge < -0.3 is 14.8 Å². The lowest BCUT2D eigenvalue weighted by molar-refractivity contribution is 0.0938. The number of ether oxygens (including phenoxy) is 2. The van der Waals surface area contributed by atoms with Gasteiger partial charge in [0.25, 0.3) is 5.91 Å². The molecule has 2 saturated carbocycles. The SMILES string of the molecule is CCC1SC(=O)N(Cc2ccc(C(=O)NC3CCCC3)cc2)N=C1c1ccc(OC)c(OC2CCCC2)c1. The number of rotatable bonds is 9. The van der Waals surface area contributed by atoms with Gasteiger partial charge >= 0.3 is 5.24 Å². The van der Waals surface area contributed by atoms with Crippen LogP contribution >= 0.6 is 11.8 Å². The van der Waals surface area contributed by atoms with Crippen LogP contribution < -0.4 is 14.8 Å². The lowest BCUT2D eigenvalue weighted by Crippen LogP contribution is -2.35. The van der Waals surface area contributed by atoms with Crippen LogP contribution in [-0.4, -0.2) is 46.4 Å². The van der Waals surface area contributed by atoms with Crippen molar-refractivity contribution in [3.63, 3.8) is 0 Å². The van der Waals surface area contributed by atoms with Gasteiger partial charge in [0.15, 0.2) is 11.5 Å². The van der Waals surface area contributed by atoms with Gasteiger partial charge in [0.2, 0.25) is 0 Å². The summed E-state index contributed by atoms with van der Waals surface area (Å²) in [6.07, 6.45) is 9.98. The van der Waals surface area contributed by atoms with Crippen LogP contribution in [0.15, 0.2) is 47.6 Å². The molecule has 2 aliphatic carbocycles. The molecule has 3 aliphatic rings. The molecule has 0 spiro atoms. The van der Waals surface area contributed by atoms with Crippen molar-refractivity contribution in [2.45, 2.75) is 88.7 Å². The third-order valence-corrected chi connectivity index (χ3v) is 8.91. The van der Waals surface area contributed by atoms with E-state index in [-0.39, 0.29) is 28.5 Å². The second kappa shape index (κ2) is 12.2. The Morgan fingerprint density at radius 3 is 2.42 bits per heavy atom. The first-order valence-corrected chi connectivity index (χ1v) is 14.7. The van der Waals surface area contributed by atoms with Gasteiger partial charge in [-0.1, -0.05) is 43.7 Å². The Hall–Kier alpha value is -3.00. The average molecular weight is 536 g/mol. The number of nitrogens with one attached hydrogen (secondary N) is 1. The van der Waals surface area contributed by atoms with E-state index in [0.29, 0.717) is 17.9 Å². The first kappa shape index (κ1) is 26.6. The maximum absolute atomic E-state index is 13.0. The van der Waals surface area contributed by atoms with Crippen molar-refractivity contribution in [3.8, 4) is 11.5 Å². The lowest BCUT2D eigenvalue weighted by atomic mass is 10.0. The zero-order valence-corrected chi connectivity index (χ0v) is 23.1. The predicted octanol–water partition coefficient (Wildman–Crippen LogP) is 6.54. The Balaban J connectivity index is 1.33. The molecule has 1 unspecified atom stereocenters. The van der Waals surface area contributed by atoms with Gasteiger partial charge in [0, 0.05) is 17.2 Å². The second-order valence-electron chi connectivity index (χ2n) is 10.4. The Morgan fingerprint density at radius 2 is 1.74 bits per heavy atom. The van der Waals surface area contributed by atoms with Crippen LogP contribution in [0.3, 0.4) is 0 Å². The van der Waals surface area contributed by atoms with Gasteiger partial charge in [0.1, 0.15) is 0 Å². The van der Waals surface area contributed by atoms with Gasteiger partial charge in [-0.3, -0.25) is 9.59 Å². The van der Waals surface area contributed by atoms with Crippen molar-refractivity contribution in [2.24, 2.45) is 5.10 Å². The zero-order chi connectivity index (χ0) is 26.5. The predicted molar refractivity (Wildman–Crippen MR) is 151 cm³/mol. The highest BCUT2D eigenvalue weighted by atomic mass is 32.2. The minimum absolute atomic E-state index is 0.0331. The van der Waals surface area contributed by atoms with E-state index in [1.165, 1.54) is 42.5 Å². The maximum Gasteiger partial charge on any atom is 0.302 e. The molecular weight excluding hydrogens is 498 g/mol.